The van der Waals surface area contributed by atoms with Crippen LogP contribution in [0.15, 0.2) is 84.9 Å². The van der Waals surface area contributed by atoms with Crippen molar-refractivity contribution in [1.82, 2.24) is 4.90 Å². The first-order chi connectivity index (χ1) is 16.5. The van der Waals surface area contributed by atoms with E-state index >= 15 is 0 Å². The van der Waals surface area contributed by atoms with Gasteiger partial charge in [-0.2, -0.15) is 0 Å². The predicted molar refractivity (Wildman–Crippen MR) is 133 cm³/mol. The van der Waals surface area contributed by atoms with E-state index in [1.54, 1.807) is 24.3 Å². The Morgan fingerprint density at radius 2 is 1.32 bits per heavy atom. The van der Waals surface area contributed by atoms with Gasteiger partial charge in [-0.1, -0.05) is 72.3 Å². The maximum atomic E-state index is 13.2. The van der Waals surface area contributed by atoms with Crippen LogP contribution < -0.4 is 4.90 Å². The Hall–Kier alpha value is -2.99. The fraction of sp³-hybridized carbons (Fsp3) is 0.286. The summed E-state index contributed by atoms with van der Waals surface area (Å²) in [6.45, 7) is 1.29. The molecule has 5 nitrogen and oxygen atoms in total. The van der Waals surface area contributed by atoms with Crippen LogP contribution in [0.25, 0.3) is 0 Å². The van der Waals surface area contributed by atoms with E-state index in [0.717, 1.165) is 24.0 Å². The van der Waals surface area contributed by atoms with E-state index in [4.69, 9.17) is 11.6 Å². The lowest BCUT2D eigenvalue weighted by Crippen LogP contribution is -2.49. The number of likely N-dealkylation sites (tertiary alicyclic amines) is 1. The number of halogens is 1. The lowest BCUT2D eigenvalue weighted by atomic mass is 9.72. The number of nitrogens with zero attached hydrogens (tertiary/aromatic N) is 2. The number of carbonyl (C=O) groups is 2. The zero-order valence-corrected chi connectivity index (χ0v) is 19.6. The molecular weight excluding hydrogens is 448 g/mol. The summed E-state index contributed by atoms with van der Waals surface area (Å²) in [7, 11) is 0. The number of imide groups is 1. The minimum absolute atomic E-state index is 0.00637. The minimum atomic E-state index is -1.11. The highest BCUT2D eigenvalue weighted by Crippen LogP contribution is 2.42. The maximum absolute atomic E-state index is 13.2. The van der Waals surface area contributed by atoms with Crippen molar-refractivity contribution < 1.29 is 14.7 Å². The lowest BCUT2D eigenvalue weighted by Gasteiger charge is -2.43. The Bertz CT molecular complexity index is 1120. The number of carbonyl (C=O) groups excluding carboxylic acids is 2. The SMILES string of the molecule is O=C1C[C@H](N2CCC(C(O)(c3ccccc3)c3ccccc3)CC2)C(=O)N1c1ccc(Cl)cc1. The average molecular weight is 475 g/mol. The number of benzene rings is 3. The van der Waals surface area contributed by atoms with E-state index in [9.17, 15) is 14.7 Å². The number of aliphatic hydroxyl groups is 1. The number of hydrogen-bond donors (Lipinski definition) is 1. The van der Waals surface area contributed by atoms with E-state index in [2.05, 4.69) is 4.90 Å². The van der Waals surface area contributed by atoms with Crippen molar-refractivity contribution in [2.75, 3.05) is 18.0 Å². The molecule has 6 heteroatoms. The van der Waals surface area contributed by atoms with Gasteiger partial charge >= 0.3 is 0 Å². The van der Waals surface area contributed by atoms with Crippen LogP contribution in [0.5, 0.6) is 0 Å². The molecule has 2 amide bonds. The predicted octanol–water partition coefficient (Wildman–Crippen LogP) is 4.62. The molecule has 2 saturated heterocycles. The van der Waals surface area contributed by atoms with Crippen LogP contribution in [-0.2, 0) is 15.2 Å². The fourth-order valence-corrected chi connectivity index (χ4v) is 5.54. The summed E-state index contributed by atoms with van der Waals surface area (Å²) in [6.07, 6.45) is 1.62. The first-order valence-electron chi connectivity index (χ1n) is 11.7. The van der Waals surface area contributed by atoms with Crippen molar-refractivity contribution >= 4 is 29.1 Å². The van der Waals surface area contributed by atoms with Crippen molar-refractivity contribution in [3.63, 3.8) is 0 Å². The molecule has 0 saturated carbocycles. The first-order valence-corrected chi connectivity index (χ1v) is 12.1. The molecule has 34 heavy (non-hydrogen) atoms. The Labute approximate surface area is 204 Å². The third-order valence-electron chi connectivity index (χ3n) is 7.20. The van der Waals surface area contributed by atoms with Gasteiger partial charge in [-0.25, -0.2) is 4.90 Å². The Balaban J connectivity index is 1.34. The molecule has 2 aliphatic rings. The van der Waals surface area contributed by atoms with Gasteiger partial charge < -0.3 is 5.11 Å². The Morgan fingerprint density at radius 3 is 1.85 bits per heavy atom. The van der Waals surface area contributed by atoms with E-state index in [1.807, 2.05) is 60.7 Å². The molecule has 0 spiro atoms. The second-order valence-electron chi connectivity index (χ2n) is 9.07. The van der Waals surface area contributed by atoms with Crippen molar-refractivity contribution in [2.45, 2.75) is 30.9 Å². The van der Waals surface area contributed by atoms with Crippen LogP contribution in [-0.4, -0.2) is 41.0 Å². The fourth-order valence-electron chi connectivity index (χ4n) is 5.41. The van der Waals surface area contributed by atoms with Crippen molar-refractivity contribution in [3.8, 4) is 0 Å². The highest BCUT2D eigenvalue weighted by Gasteiger charge is 2.46. The number of anilines is 1. The molecular formula is C28H27ClN2O3. The van der Waals surface area contributed by atoms with Crippen LogP contribution in [0, 0.1) is 5.92 Å². The molecule has 0 aliphatic carbocycles. The molecule has 0 aromatic heterocycles. The highest BCUT2D eigenvalue weighted by molar-refractivity contribution is 6.30. The molecule has 3 aromatic carbocycles. The molecule has 3 aromatic rings. The largest absolute Gasteiger partial charge is 0.380 e. The summed E-state index contributed by atoms with van der Waals surface area (Å²) in [5.41, 5.74) is 1.19. The van der Waals surface area contributed by atoms with Gasteiger partial charge in [0.1, 0.15) is 5.60 Å². The number of piperidine rings is 1. The van der Waals surface area contributed by atoms with E-state index in [0.29, 0.717) is 23.8 Å². The quantitative estimate of drug-likeness (QED) is 0.548. The summed E-state index contributed by atoms with van der Waals surface area (Å²) >= 11 is 5.96. The molecule has 0 bridgehead atoms. The summed E-state index contributed by atoms with van der Waals surface area (Å²) in [6, 6.07) is 25.9. The molecule has 2 aliphatic heterocycles. The molecule has 0 radical (unpaired) electrons. The summed E-state index contributed by atoms with van der Waals surface area (Å²) in [4.78, 5) is 29.3. The zero-order chi connectivity index (χ0) is 23.7. The lowest BCUT2D eigenvalue weighted by molar-refractivity contribution is -0.123. The van der Waals surface area contributed by atoms with Gasteiger partial charge in [0.05, 0.1) is 18.2 Å². The van der Waals surface area contributed by atoms with Crippen molar-refractivity contribution in [2.24, 2.45) is 5.92 Å². The van der Waals surface area contributed by atoms with Gasteiger partial charge in [-0.05, 0) is 67.2 Å². The van der Waals surface area contributed by atoms with Crippen LogP contribution in [0.3, 0.4) is 0 Å². The van der Waals surface area contributed by atoms with Gasteiger partial charge in [0.15, 0.2) is 0 Å². The standard InChI is InChI=1S/C28H27ClN2O3/c29-23-11-13-24(14-12-23)31-26(32)19-25(27(31)33)30-17-15-22(16-18-30)28(34,20-7-3-1-4-8-20)21-9-5-2-6-10-21/h1-14,22,25,34H,15-19H2/t25-/m0/s1. The van der Waals surface area contributed by atoms with Gasteiger partial charge in [0.25, 0.3) is 5.91 Å². The van der Waals surface area contributed by atoms with Crippen LogP contribution in [0.4, 0.5) is 5.69 Å². The summed E-state index contributed by atoms with van der Waals surface area (Å²) < 4.78 is 0. The summed E-state index contributed by atoms with van der Waals surface area (Å²) in [5, 5.41) is 12.6. The third kappa shape index (κ3) is 4.05. The molecule has 0 unspecified atom stereocenters. The topological polar surface area (TPSA) is 60.9 Å². The van der Waals surface area contributed by atoms with Gasteiger partial charge in [0.2, 0.25) is 5.91 Å². The molecule has 2 fully saturated rings. The van der Waals surface area contributed by atoms with Crippen molar-refractivity contribution in [3.05, 3.63) is 101 Å². The van der Waals surface area contributed by atoms with Gasteiger partial charge in [-0.15, -0.1) is 0 Å². The smallest absolute Gasteiger partial charge is 0.251 e. The van der Waals surface area contributed by atoms with Gasteiger partial charge in [-0.3, -0.25) is 14.5 Å². The molecule has 5 rings (SSSR count). The molecule has 174 valence electrons. The Kier molecular flexibility index (Phi) is 6.26. The first kappa shape index (κ1) is 22.8. The normalized spacial score (nSPS) is 20.2. The zero-order valence-electron chi connectivity index (χ0n) is 18.8. The molecule has 2 heterocycles. The average Bonchev–Trinajstić information content (AvgIpc) is 3.19. The highest BCUT2D eigenvalue weighted by atomic mass is 35.5. The van der Waals surface area contributed by atoms with Crippen LogP contribution in [0.2, 0.25) is 5.02 Å². The Morgan fingerprint density at radius 1 is 0.794 bits per heavy atom. The minimum Gasteiger partial charge on any atom is -0.380 e. The second-order valence-corrected chi connectivity index (χ2v) is 9.51. The molecule has 1 atom stereocenters. The number of hydrogen-bond acceptors (Lipinski definition) is 4. The van der Waals surface area contributed by atoms with Crippen LogP contribution in [0.1, 0.15) is 30.4 Å². The second kappa shape index (κ2) is 9.34. The third-order valence-corrected chi connectivity index (χ3v) is 7.45. The maximum Gasteiger partial charge on any atom is 0.251 e. The summed E-state index contributed by atoms with van der Waals surface area (Å²) in [5.74, 6) is -0.384. The van der Waals surface area contributed by atoms with Crippen LogP contribution >= 0.6 is 11.6 Å². The molecule has 1 N–H and O–H groups in total. The van der Waals surface area contributed by atoms with E-state index in [1.165, 1.54) is 4.90 Å². The van der Waals surface area contributed by atoms with E-state index < -0.39 is 11.6 Å². The number of rotatable bonds is 5. The van der Waals surface area contributed by atoms with Gasteiger partial charge in [0, 0.05) is 5.02 Å². The number of amides is 2. The van der Waals surface area contributed by atoms with Crippen molar-refractivity contribution in [1.29, 1.82) is 0 Å². The monoisotopic (exact) mass is 474 g/mol. The van der Waals surface area contributed by atoms with E-state index in [-0.39, 0.29) is 24.2 Å².